The Morgan fingerprint density at radius 3 is 2.41 bits per heavy atom. The maximum atomic E-state index is 12.3. The number of rotatable bonds is 12. The van der Waals surface area contributed by atoms with Crippen molar-refractivity contribution in [3.63, 3.8) is 0 Å². The summed E-state index contributed by atoms with van der Waals surface area (Å²) in [5.74, 6) is -0.0466. The number of methoxy groups -OCH3 is 1. The number of hydrogen-bond donors (Lipinski definition) is 4. The maximum absolute atomic E-state index is 12.3. The molecule has 2 aromatic carbocycles. The fourth-order valence-electron chi connectivity index (χ4n) is 3.07. The molecule has 0 aliphatic rings. The van der Waals surface area contributed by atoms with Crippen molar-refractivity contribution in [3.8, 4) is 0 Å². The third-order valence-corrected chi connectivity index (χ3v) is 4.82. The molecule has 4 N–H and O–H groups in total. The molecule has 0 spiro atoms. The molecule has 178 valence electrons. The summed E-state index contributed by atoms with van der Waals surface area (Å²) in [6, 6.07) is 17.1. The first-order valence-electron chi connectivity index (χ1n) is 10.9. The molecule has 3 rings (SSSR count). The molecule has 3 amide bonds. The van der Waals surface area contributed by atoms with E-state index in [0.717, 1.165) is 6.42 Å². The van der Waals surface area contributed by atoms with E-state index >= 15 is 0 Å². The Morgan fingerprint density at radius 2 is 1.68 bits per heavy atom. The number of benzene rings is 2. The van der Waals surface area contributed by atoms with E-state index in [9.17, 15) is 14.4 Å². The molecular formula is C25H28N4O5. The molecule has 0 fully saturated rings. The lowest BCUT2D eigenvalue weighted by Crippen LogP contribution is -2.25. The van der Waals surface area contributed by atoms with Crippen LogP contribution in [-0.4, -0.2) is 44.5 Å². The molecule has 0 atom stereocenters. The van der Waals surface area contributed by atoms with E-state index in [-0.39, 0.29) is 30.8 Å². The van der Waals surface area contributed by atoms with Crippen LogP contribution in [-0.2, 0) is 16.1 Å². The Labute approximate surface area is 197 Å². The average molecular weight is 465 g/mol. The van der Waals surface area contributed by atoms with Crippen LogP contribution in [0.5, 0.6) is 0 Å². The Hall–Kier alpha value is -4.11. The van der Waals surface area contributed by atoms with Crippen molar-refractivity contribution in [2.75, 3.05) is 37.4 Å². The van der Waals surface area contributed by atoms with Gasteiger partial charge in [0.25, 0.3) is 11.8 Å². The first kappa shape index (κ1) is 24.5. The molecule has 0 aliphatic heterocycles. The first-order valence-corrected chi connectivity index (χ1v) is 10.9. The van der Waals surface area contributed by atoms with E-state index in [1.54, 1.807) is 74.0 Å². The second-order valence-corrected chi connectivity index (χ2v) is 7.42. The van der Waals surface area contributed by atoms with Gasteiger partial charge in [0.2, 0.25) is 5.91 Å². The van der Waals surface area contributed by atoms with Crippen LogP contribution < -0.4 is 21.3 Å². The van der Waals surface area contributed by atoms with Crippen LogP contribution in [0.1, 0.15) is 32.9 Å². The van der Waals surface area contributed by atoms with Gasteiger partial charge in [-0.2, -0.15) is 0 Å². The summed E-state index contributed by atoms with van der Waals surface area (Å²) in [6.45, 7) is 1.44. The standard InChI is InChI=1S/C25H28N4O5/c1-33-13-4-12-26-24(31)18-8-10-20(11-9-18)27-17-23(30)29-21-6-2-5-19(15-21)25(32)28-16-22-7-3-14-34-22/h2-3,5-11,14-15,27H,4,12-13,16-17H2,1H3,(H,26,31)(H,28,32)(H,29,30). The first-order chi connectivity index (χ1) is 16.5. The maximum Gasteiger partial charge on any atom is 0.251 e. The van der Waals surface area contributed by atoms with Crippen LogP contribution in [0.2, 0.25) is 0 Å². The van der Waals surface area contributed by atoms with Crippen molar-refractivity contribution in [1.82, 2.24) is 10.6 Å². The predicted molar refractivity (Wildman–Crippen MR) is 129 cm³/mol. The number of anilines is 2. The third kappa shape index (κ3) is 7.79. The van der Waals surface area contributed by atoms with Crippen LogP contribution in [0.25, 0.3) is 0 Å². The van der Waals surface area contributed by atoms with Crippen LogP contribution in [0.3, 0.4) is 0 Å². The molecule has 0 aliphatic carbocycles. The molecule has 0 radical (unpaired) electrons. The van der Waals surface area contributed by atoms with Gasteiger partial charge < -0.3 is 30.4 Å². The smallest absolute Gasteiger partial charge is 0.251 e. The Balaban J connectivity index is 1.44. The summed E-state index contributed by atoms with van der Waals surface area (Å²) >= 11 is 0. The number of furan rings is 1. The number of hydrogen-bond acceptors (Lipinski definition) is 6. The van der Waals surface area contributed by atoms with Gasteiger partial charge in [0.1, 0.15) is 5.76 Å². The zero-order chi connectivity index (χ0) is 24.2. The zero-order valence-corrected chi connectivity index (χ0v) is 18.9. The van der Waals surface area contributed by atoms with E-state index in [2.05, 4.69) is 21.3 Å². The summed E-state index contributed by atoms with van der Waals surface area (Å²) in [4.78, 5) is 36.8. The topological polar surface area (TPSA) is 122 Å². The van der Waals surface area contributed by atoms with E-state index < -0.39 is 0 Å². The number of ether oxygens (including phenoxy) is 1. The second-order valence-electron chi connectivity index (χ2n) is 7.42. The van der Waals surface area contributed by atoms with E-state index in [4.69, 9.17) is 9.15 Å². The fourth-order valence-corrected chi connectivity index (χ4v) is 3.07. The minimum Gasteiger partial charge on any atom is -0.467 e. The highest BCUT2D eigenvalue weighted by Crippen LogP contribution is 2.12. The lowest BCUT2D eigenvalue weighted by atomic mass is 10.2. The average Bonchev–Trinajstić information content (AvgIpc) is 3.38. The summed E-state index contributed by atoms with van der Waals surface area (Å²) in [5, 5.41) is 11.4. The van der Waals surface area contributed by atoms with Crippen molar-refractivity contribution < 1.29 is 23.5 Å². The van der Waals surface area contributed by atoms with Gasteiger partial charge in [-0.1, -0.05) is 6.07 Å². The zero-order valence-electron chi connectivity index (χ0n) is 18.9. The lowest BCUT2D eigenvalue weighted by Gasteiger charge is -2.10. The fraction of sp³-hybridized carbons (Fsp3) is 0.240. The van der Waals surface area contributed by atoms with Crippen molar-refractivity contribution >= 4 is 29.1 Å². The number of nitrogens with one attached hydrogen (secondary N) is 4. The molecule has 34 heavy (non-hydrogen) atoms. The highest BCUT2D eigenvalue weighted by atomic mass is 16.5. The van der Waals surface area contributed by atoms with Gasteiger partial charge in [0.15, 0.2) is 0 Å². The van der Waals surface area contributed by atoms with Gasteiger partial charge in [-0.15, -0.1) is 0 Å². The van der Waals surface area contributed by atoms with Crippen LogP contribution in [0.15, 0.2) is 71.3 Å². The molecule has 9 nitrogen and oxygen atoms in total. The molecule has 1 aromatic heterocycles. The summed E-state index contributed by atoms with van der Waals surface area (Å²) in [5.41, 5.74) is 2.18. The normalized spacial score (nSPS) is 10.4. The van der Waals surface area contributed by atoms with Crippen molar-refractivity contribution in [2.45, 2.75) is 13.0 Å². The molecular weight excluding hydrogens is 436 g/mol. The molecule has 0 unspecified atom stereocenters. The Kier molecular flexibility index (Phi) is 9.24. The van der Waals surface area contributed by atoms with Crippen LogP contribution >= 0.6 is 0 Å². The molecule has 3 aromatic rings. The van der Waals surface area contributed by atoms with Gasteiger partial charge in [-0.05, 0) is 61.0 Å². The molecule has 0 bridgehead atoms. The van der Waals surface area contributed by atoms with Gasteiger partial charge in [-0.3, -0.25) is 14.4 Å². The van der Waals surface area contributed by atoms with Gasteiger partial charge in [0.05, 0.1) is 19.4 Å². The monoisotopic (exact) mass is 464 g/mol. The summed E-state index contributed by atoms with van der Waals surface area (Å²) < 4.78 is 10.2. The molecule has 0 saturated heterocycles. The van der Waals surface area contributed by atoms with Crippen molar-refractivity contribution in [3.05, 3.63) is 83.8 Å². The minimum absolute atomic E-state index is 0.0253. The van der Waals surface area contributed by atoms with Crippen LogP contribution in [0.4, 0.5) is 11.4 Å². The SMILES string of the molecule is COCCCNC(=O)c1ccc(NCC(=O)Nc2cccc(C(=O)NCc3ccco3)c2)cc1. The lowest BCUT2D eigenvalue weighted by molar-refractivity contribution is -0.114. The van der Waals surface area contributed by atoms with Gasteiger partial charge in [-0.25, -0.2) is 0 Å². The van der Waals surface area contributed by atoms with Gasteiger partial charge in [0, 0.05) is 42.8 Å². The quantitative estimate of drug-likeness (QED) is 0.306. The van der Waals surface area contributed by atoms with E-state index in [1.165, 1.54) is 0 Å². The van der Waals surface area contributed by atoms with Crippen molar-refractivity contribution in [2.24, 2.45) is 0 Å². The Bertz CT molecular complexity index is 1080. The number of carbonyl (C=O) groups is 3. The molecule has 1 heterocycles. The highest BCUT2D eigenvalue weighted by Gasteiger charge is 2.09. The van der Waals surface area contributed by atoms with E-state index in [0.29, 0.717) is 41.4 Å². The molecule has 0 saturated carbocycles. The Morgan fingerprint density at radius 1 is 0.882 bits per heavy atom. The minimum atomic E-state index is -0.270. The summed E-state index contributed by atoms with van der Waals surface area (Å²) in [7, 11) is 1.62. The number of amides is 3. The van der Waals surface area contributed by atoms with E-state index in [1.807, 2.05) is 0 Å². The second kappa shape index (κ2) is 12.8. The van der Waals surface area contributed by atoms with Crippen LogP contribution in [0, 0.1) is 0 Å². The largest absolute Gasteiger partial charge is 0.467 e. The van der Waals surface area contributed by atoms with Crippen molar-refractivity contribution in [1.29, 1.82) is 0 Å². The van der Waals surface area contributed by atoms with Gasteiger partial charge >= 0.3 is 0 Å². The number of carbonyl (C=O) groups excluding carboxylic acids is 3. The third-order valence-electron chi connectivity index (χ3n) is 4.82. The summed E-state index contributed by atoms with van der Waals surface area (Å²) in [6.07, 6.45) is 2.29. The molecule has 9 heteroatoms. The highest BCUT2D eigenvalue weighted by molar-refractivity contribution is 5.98. The predicted octanol–water partition coefficient (Wildman–Crippen LogP) is 3.03.